The molecule has 4 aromatic rings. The maximum absolute atomic E-state index is 13.5. The zero-order valence-corrected chi connectivity index (χ0v) is 15.0. The number of halogens is 3. The van der Waals surface area contributed by atoms with E-state index in [1.165, 1.54) is 4.40 Å². The van der Waals surface area contributed by atoms with Gasteiger partial charge < -0.3 is 5.11 Å². The Morgan fingerprint density at radius 3 is 2.37 bits per heavy atom. The Kier molecular flexibility index (Phi) is 3.78. The molecule has 0 fully saturated rings. The van der Waals surface area contributed by atoms with Crippen LogP contribution in [0.25, 0.3) is 22.6 Å². The summed E-state index contributed by atoms with van der Waals surface area (Å²) in [5, 5.41) is 9.66. The van der Waals surface area contributed by atoms with Gasteiger partial charge in [0.15, 0.2) is 11.3 Å². The van der Waals surface area contributed by atoms with Crippen LogP contribution in [0.1, 0.15) is 28.1 Å². The summed E-state index contributed by atoms with van der Waals surface area (Å²) < 4.78 is 43.4. The van der Waals surface area contributed by atoms with E-state index in [9.17, 15) is 18.3 Å². The molecule has 1 N–H and O–H groups in total. The molecule has 3 heterocycles. The van der Waals surface area contributed by atoms with Crippen molar-refractivity contribution in [2.24, 2.45) is 0 Å². The number of pyridine rings is 1. The monoisotopic (exact) mass is 374 g/mol. The molecule has 27 heavy (non-hydrogen) atoms. The summed E-state index contributed by atoms with van der Waals surface area (Å²) in [6.07, 6.45) is -3.08. The summed E-state index contributed by atoms with van der Waals surface area (Å²) in [7, 11) is 0. The van der Waals surface area contributed by atoms with Gasteiger partial charge in [-0.15, -0.1) is 0 Å². The second kappa shape index (κ2) is 5.82. The number of imidazole rings is 2. The van der Waals surface area contributed by atoms with E-state index in [0.717, 1.165) is 22.4 Å². The fourth-order valence-electron chi connectivity index (χ4n) is 3.78. The van der Waals surface area contributed by atoms with Crippen LogP contribution in [0.4, 0.5) is 13.2 Å². The molecule has 0 spiro atoms. The topological polar surface area (TPSA) is 55.4 Å². The average molecular weight is 374 g/mol. The predicted molar refractivity (Wildman–Crippen MR) is 95.0 cm³/mol. The van der Waals surface area contributed by atoms with Crippen molar-refractivity contribution in [2.75, 3.05) is 0 Å². The molecule has 0 amide bonds. The quantitative estimate of drug-likeness (QED) is 0.575. The predicted octanol–water partition coefficient (Wildman–Crippen LogP) is 4.11. The summed E-state index contributed by atoms with van der Waals surface area (Å²) in [6, 6.07) is 7.25. The first-order chi connectivity index (χ1) is 12.7. The van der Waals surface area contributed by atoms with Crippen LogP contribution in [0.2, 0.25) is 0 Å². The highest BCUT2D eigenvalue weighted by atomic mass is 19.4. The summed E-state index contributed by atoms with van der Waals surface area (Å²) in [5.41, 5.74) is 3.17. The number of hydrogen-bond acceptors (Lipinski definition) is 3. The number of hydrogen-bond donors (Lipinski definition) is 1. The molecule has 0 bridgehead atoms. The maximum atomic E-state index is 13.5. The van der Waals surface area contributed by atoms with Crippen LogP contribution in [-0.4, -0.2) is 24.0 Å². The minimum absolute atomic E-state index is 0.0788. The Labute approximate surface area is 152 Å². The molecule has 0 atom stereocenters. The van der Waals surface area contributed by atoms with Crippen molar-refractivity contribution in [3.8, 4) is 5.69 Å². The highest BCUT2D eigenvalue weighted by Crippen LogP contribution is 2.36. The molecule has 1 aromatic carbocycles. The lowest BCUT2D eigenvalue weighted by Gasteiger charge is -2.13. The SMILES string of the molecule is Cc1cc(C)c(-n2c3ncccc3n3c(CO)c(C(F)(F)F)nc23)c(C)c1. The molecule has 0 aliphatic rings. The summed E-state index contributed by atoms with van der Waals surface area (Å²) >= 11 is 0. The molecule has 0 radical (unpaired) electrons. The minimum atomic E-state index is -4.67. The Bertz CT molecular complexity index is 1160. The fraction of sp³-hybridized carbons (Fsp3) is 0.263. The number of alkyl halides is 3. The standard InChI is InChI=1S/C19H17F3N4O/c1-10-7-11(2)15(12(3)8-10)26-17-13(5-4-6-23-17)25-14(9-27)16(19(20,21)22)24-18(25)26/h4-8,27H,9H2,1-3H3. The van der Waals surface area contributed by atoms with Gasteiger partial charge in [-0.25, -0.2) is 9.97 Å². The second-order valence-electron chi connectivity index (χ2n) is 6.63. The Morgan fingerprint density at radius 1 is 1.11 bits per heavy atom. The number of nitrogens with zero attached hydrogens (tertiary/aromatic N) is 4. The van der Waals surface area contributed by atoms with Crippen LogP contribution in [0.15, 0.2) is 30.5 Å². The van der Waals surface area contributed by atoms with Crippen molar-refractivity contribution in [1.82, 2.24) is 18.9 Å². The van der Waals surface area contributed by atoms with Crippen LogP contribution in [0.3, 0.4) is 0 Å². The van der Waals surface area contributed by atoms with E-state index >= 15 is 0 Å². The molecule has 140 valence electrons. The van der Waals surface area contributed by atoms with Gasteiger partial charge in [-0.05, 0) is 44.0 Å². The number of fused-ring (bicyclic) bond motifs is 3. The number of rotatable bonds is 2. The van der Waals surface area contributed by atoms with Crippen LogP contribution in [0.5, 0.6) is 0 Å². The van der Waals surface area contributed by atoms with Gasteiger partial charge in [0.25, 0.3) is 0 Å². The van der Waals surface area contributed by atoms with Crippen molar-refractivity contribution in [3.05, 3.63) is 58.5 Å². The van der Waals surface area contributed by atoms with Crippen molar-refractivity contribution < 1.29 is 18.3 Å². The van der Waals surface area contributed by atoms with Gasteiger partial charge in [0, 0.05) is 6.20 Å². The van der Waals surface area contributed by atoms with E-state index in [4.69, 9.17) is 0 Å². The lowest BCUT2D eigenvalue weighted by molar-refractivity contribution is -0.142. The zero-order chi connectivity index (χ0) is 19.5. The van der Waals surface area contributed by atoms with Gasteiger partial charge in [-0.3, -0.25) is 8.97 Å². The van der Waals surface area contributed by atoms with Crippen LogP contribution >= 0.6 is 0 Å². The Balaban J connectivity index is 2.23. The third-order valence-electron chi connectivity index (χ3n) is 4.65. The number of aliphatic hydroxyl groups excluding tert-OH is 1. The molecule has 8 heteroatoms. The lowest BCUT2D eigenvalue weighted by Crippen LogP contribution is -2.10. The first-order valence-electron chi connectivity index (χ1n) is 8.37. The summed E-state index contributed by atoms with van der Waals surface area (Å²) in [5.74, 6) is 0.0788. The average Bonchev–Trinajstić information content (AvgIpc) is 3.10. The van der Waals surface area contributed by atoms with E-state index in [2.05, 4.69) is 9.97 Å². The maximum Gasteiger partial charge on any atom is 0.435 e. The minimum Gasteiger partial charge on any atom is -0.390 e. The van der Waals surface area contributed by atoms with Crippen molar-refractivity contribution >= 4 is 16.9 Å². The molecule has 0 unspecified atom stereocenters. The largest absolute Gasteiger partial charge is 0.435 e. The van der Waals surface area contributed by atoms with Crippen molar-refractivity contribution in [2.45, 2.75) is 33.6 Å². The molecular formula is C19H17F3N4O. The van der Waals surface area contributed by atoms with E-state index in [1.807, 2.05) is 32.9 Å². The van der Waals surface area contributed by atoms with Gasteiger partial charge in [0.2, 0.25) is 5.78 Å². The van der Waals surface area contributed by atoms with Gasteiger partial charge in [0.1, 0.15) is 0 Å². The Morgan fingerprint density at radius 2 is 1.78 bits per heavy atom. The number of aliphatic hydroxyl groups is 1. The first kappa shape index (κ1) is 17.5. The molecule has 5 nitrogen and oxygen atoms in total. The second-order valence-corrected chi connectivity index (χ2v) is 6.63. The zero-order valence-electron chi connectivity index (χ0n) is 15.0. The molecule has 0 aliphatic carbocycles. The third kappa shape index (κ3) is 2.51. The normalized spacial score (nSPS) is 12.4. The summed E-state index contributed by atoms with van der Waals surface area (Å²) in [4.78, 5) is 8.25. The number of benzene rings is 1. The lowest BCUT2D eigenvalue weighted by atomic mass is 10.1. The van der Waals surface area contributed by atoms with Crippen LogP contribution in [0, 0.1) is 20.8 Å². The first-order valence-corrected chi connectivity index (χ1v) is 8.37. The molecular weight excluding hydrogens is 357 g/mol. The molecule has 0 saturated heterocycles. The third-order valence-corrected chi connectivity index (χ3v) is 4.65. The van der Waals surface area contributed by atoms with Crippen molar-refractivity contribution in [1.29, 1.82) is 0 Å². The van der Waals surface area contributed by atoms with Gasteiger partial charge in [0.05, 0.1) is 23.5 Å². The highest BCUT2D eigenvalue weighted by molar-refractivity contribution is 5.81. The van der Waals surface area contributed by atoms with E-state index in [-0.39, 0.29) is 11.5 Å². The van der Waals surface area contributed by atoms with E-state index < -0.39 is 18.5 Å². The number of aryl methyl sites for hydroxylation is 3. The molecule has 4 rings (SSSR count). The van der Waals surface area contributed by atoms with Crippen LogP contribution in [-0.2, 0) is 12.8 Å². The van der Waals surface area contributed by atoms with E-state index in [0.29, 0.717) is 11.2 Å². The fourth-order valence-corrected chi connectivity index (χ4v) is 3.78. The van der Waals surface area contributed by atoms with Crippen molar-refractivity contribution in [3.63, 3.8) is 0 Å². The Hall–Kier alpha value is -2.87. The molecule has 0 aliphatic heterocycles. The van der Waals surface area contributed by atoms with E-state index in [1.54, 1.807) is 22.9 Å². The highest BCUT2D eigenvalue weighted by Gasteiger charge is 2.39. The smallest absolute Gasteiger partial charge is 0.390 e. The summed E-state index contributed by atoms with van der Waals surface area (Å²) in [6.45, 7) is 4.99. The van der Waals surface area contributed by atoms with Gasteiger partial charge >= 0.3 is 6.18 Å². The van der Waals surface area contributed by atoms with Gasteiger partial charge in [-0.2, -0.15) is 13.2 Å². The molecule has 0 saturated carbocycles. The molecule has 3 aromatic heterocycles. The van der Waals surface area contributed by atoms with Gasteiger partial charge in [-0.1, -0.05) is 17.7 Å². The number of aromatic nitrogens is 4. The van der Waals surface area contributed by atoms with Crippen LogP contribution < -0.4 is 0 Å².